The van der Waals surface area contributed by atoms with Gasteiger partial charge in [-0.2, -0.15) is 0 Å². The van der Waals surface area contributed by atoms with Crippen molar-refractivity contribution in [1.29, 1.82) is 0 Å². The molecule has 0 fully saturated rings. The summed E-state index contributed by atoms with van der Waals surface area (Å²) in [5.41, 5.74) is 17.4. The molecular formula is C44H28O. The van der Waals surface area contributed by atoms with Crippen LogP contribution in [0.3, 0.4) is 0 Å². The quantitative estimate of drug-likeness (QED) is 0.205. The zero-order chi connectivity index (χ0) is 29.5. The van der Waals surface area contributed by atoms with Crippen LogP contribution in [0.2, 0.25) is 0 Å². The van der Waals surface area contributed by atoms with Crippen LogP contribution in [0.5, 0.6) is 0 Å². The van der Waals surface area contributed by atoms with Gasteiger partial charge in [-0.3, -0.25) is 0 Å². The molecule has 0 atom stereocenters. The first kappa shape index (κ1) is 24.7. The van der Waals surface area contributed by atoms with Gasteiger partial charge in [0.15, 0.2) is 0 Å². The molecule has 1 heterocycles. The van der Waals surface area contributed by atoms with Gasteiger partial charge in [-0.15, -0.1) is 0 Å². The number of hydrogen-bond acceptors (Lipinski definition) is 1. The molecular weight excluding hydrogens is 544 g/mol. The van der Waals surface area contributed by atoms with Gasteiger partial charge in [0, 0.05) is 16.3 Å². The smallest absolute Gasteiger partial charge is 0.143 e. The van der Waals surface area contributed by atoms with E-state index >= 15 is 0 Å². The fourth-order valence-electron chi connectivity index (χ4n) is 8.41. The largest absolute Gasteiger partial charge is 0.455 e. The van der Waals surface area contributed by atoms with Crippen LogP contribution in [0.25, 0.3) is 55.3 Å². The van der Waals surface area contributed by atoms with Crippen molar-refractivity contribution in [3.63, 3.8) is 0 Å². The fraction of sp³-hybridized carbons (Fsp3) is 0.0455. The molecule has 0 radical (unpaired) electrons. The maximum Gasteiger partial charge on any atom is 0.143 e. The highest BCUT2D eigenvalue weighted by Crippen LogP contribution is 2.63. The van der Waals surface area contributed by atoms with E-state index < -0.39 is 0 Å². The summed E-state index contributed by atoms with van der Waals surface area (Å²) >= 11 is 0. The lowest BCUT2D eigenvalue weighted by Gasteiger charge is -2.32. The molecule has 2 aliphatic carbocycles. The minimum atomic E-state index is -0.341. The highest BCUT2D eigenvalue weighted by atomic mass is 16.3. The third-order valence-electron chi connectivity index (χ3n) is 10.1. The zero-order valence-corrected chi connectivity index (χ0v) is 24.6. The summed E-state index contributed by atoms with van der Waals surface area (Å²) in [5, 5.41) is 2.33. The predicted molar refractivity (Wildman–Crippen MR) is 185 cm³/mol. The van der Waals surface area contributed by atoms with E-state index in [1.54, 1.807) is 0 Å². The summed E-state index contributed by atoms with van der Waals surface area (Å²) in [7, 11) is 0. The Hall–Kier alpha value is -5.66. The Kier molecular flexibility index (Phi) is 5.04. The second-order valence-electron chi connectivity index (χ2n) is 12.4. The Morgan fingerprint density at radius 1 is 0.444 bits per heavy atom. The Labute approximate surface area is 262 Å². The minimum Gasteiger partial charge on any atom is -0.455 e. The van der Waals surface area contributed by atoms with Crippen molar-refractivity contribution in [3.05, 3.63) is 191 Å². The number of hydrogen-bond donors (Lipinski definition) is 0. The molecule has 1 heteroatoms. The average Bonchev–Trinajstić information content (AvgIpc) is 3.73. The van der Waals surface area contributed by atoms with E-state index in [0.29, 0.717) is 0 Å². The minimum absolute atomic E-state index is 0.341. The van der Waals surface area contributed by atoms with Gasteiger partial charge in [-0.1, -0.05) is 146 Å². The van der Waals surface area contributed by atoms with Crippen molar-refractivity contribution in [2.75, 3.05) is 0 Å². The molecule has 0 unspecified atom stereocenters. The number of rotatable bonds is 3. The fourth-order valence-corrected chi connectivity index (χ4v) is 8.41. The van der Waals surface area contributed by atoms with Crippen molar-refractivity contribution in [2.24, 2.45) is 0 Å². The van der Waals surface area contributed by atoms with Crippen LogP contribution in [0, 0.1) is 0 Å². The highest BCUT2D eigenvalue weighted by molar-refractivity contribution is 6.09. The molecule has 0 amide bonds. The Morgan fingerprint density at radius 2 is 1.02 bits per heavy atom. The van der Waals surface area contributed by atoms with Gasteiger partial charge in [-0.05, 0) is 79.8 Å². The third-order valence-corrected chi connectivity index (χ3v) is 10.1. The zero-order valence-electron chi connectivity index (χ0n) is 24.6. The molecule has 0 N–H and O–H groups in total. The maximum absolute atomic E-state index is 6.51. The van der Waals surface area contributed by atoms with Crippen molar-refractivity contribution in [3.8, 4) is 33.4 Å². The topological polar surface area (TPSA) is 13.1 Å². The Morgan fingerprint density at radius 3 is 1.73 bits per heavy atom. The molecule has 0 saturated heterocycles. The molecule has 0 saturated carbocycles. The van der Waals surface area contributed by atoms with E-state index in [0.717, 1.165) is 28.5 Å². The van der Waals surface area contributed by atoms with Gasteiger partial charge >= 0.3 is 0 Å². The summed E-state index contributed by atoms with van der Waals surface area (Å²) < 4.78 is 6.51. The molecule has 2 aliphatic rings. The molecule has 0 aliphatic heterocycles. The number of para-hydroxylation sites is 1. The van der Waals surface area contributed by atoms with E-state index in [2.05, 4.69) is 158 Å². The van der Waals surface area contributed by atoms with E-state index in [1.807, 2.05) is 0 Å². The first-order valence-corrected chi connectivity index (χ1v) is 15.7. The van der Waals surface area contributed by atoms with Crippen LogP contribution in [-0.2, 0) is 11.8 Å². The summed E-state index contributed by atoms with van der Waals surface area (Å²) in [6.07, 6.45) is 0.838. The maximum atomic E-state index is 6.51. The summed E-state index contributed by atoms with van der Waals surface area (Å²) in [6, 6.07) is 57.8. The van der Waals surface area contributed by atoms with E-state index in [9.17, 15) is 0 Å². The van der Waals surface area contributed by atoms with Gasteiger partial charge in [0.1, 0.15) is 11.2 Å². The summed E-state index contributed by atoms with van der Waals surface area (Å²) in [6.45, 7) is 0. The first-order valence-electron chi connectivity index (χ1n) is 15.7. The monoisotopic (exact) mass is 572 g/mol. The lowest BCUT2D eigenvalue weighted by molar-refractivity contribution is 0.670. The first-order chi connectivity index (χ1) is 22.3. The number of furan rings is 1. The van der Waals surface area contributed by atoms with E-state index in [1.165, 1.54) is 66.6 Å². The van der Waals surface area contributed by atoms with Gasteiger partial charge in [0.2, 0.25) is 0 Å². The Bertz CT molecular complexity index is 2400. The SMILES string of the molecule is c1ccc(-c2cccc3c2oc2ccc(Cc4cccc5c4C4(c6ccccc6-c6ccccc64)c4ccccc4-5)cc23)cc1. The van der Waals surface area contributed by atoms with Crippen molar-refractivity contribution < 1.29 is 4.42 Å². The van der Waals surface area contributed by atoms with Crippen LogP contribution in [0.1, 0.15) is 33.4 Å². The molecule has 210 valence electrons. The molecule has 1 spiro atoms. The highest BCUT2D eigenvalue weighted by Gasteiger charge is 2.52. The lowest BCUT2D eigenvalue weighted by atomic mass is 9.69. The summed E-state index contributed by atoms with van der Waals surface area (Å²) in [4.78, 5) is 0. The van der Waals surface area contributed by atoms with Gasteiger partial charge in [-0.25, -0.2) is 0 Å². The predicted octanol–water partition coefficient (Wildman–Crippen LogP) is 11.2. The lowest BCUT2D eigenvalue weighted by Crippen LogP contribution is -2.27. The molecule has 1 nitrogen and oxygen atoms in total. The number of fused-ring (bicyclic) bond motifs is 13. The molecule has 7 aromatic carbocycles. The van der Waals surface area contributed by atoms with Gasteiger partial charge < -0.3 is 4.42 Å². The summed E-state index contributed by atoms with van der Waals surface area (Å²) in [5.74, 6) is 0. The average molecular weight is 573 g/mol. The van der Waals surface area contributed by atoms with Crippen molar-refractivity contribution >= 4 is 21.9 Å². The Balaban J connectivity index is 1.18. The van der Waals surface area contributed by atoms with Crippen LogP contribution < -0.4 is 0 Å². The van der Waals surface area contributed by atoms with E-state index in [4.69, 9.17) is 4.42 Å². The van der Waals surface area contributed by atoms with E-state index in [-0.39, 0.29) is 5.41 Å². The van der Waals surface area contributed by atoms with Crippen LogP contribution in [-0.4, -0.2) is 0 Å². The molecule has 8 aromatic rings. The molecule has 1 aromatic heterocycles. The standard InChI is InChI=1S/C44H28O/c1-2-12-29(13-3-1)31-18-11-20-36-37-27-28(24-25-41(37)45-43(31)36)26-30-14-10-19-35-34-17-6-9-23-40(34)44(42(30)35)38-21-7-4-15-32(38)33-16-5-8-22-39(33)44/h1-25,27H,26H2. The van der Waals surface area contributed by atoms with Crippen LogP contribution >= 0.6 is 0 Å². The van der Waals surface area contributed by atoms with Crippen molar-refractivity contribution in [1.82, 2.24) is 0 Å². The van der Waals surface area contributed by atoms with Gasteiger partial charge in [0.25, 0.3) is 0 Å². The van der Waals surface area contributed by atoms with Crippen LogP contribution in [0.4, 0.5) is 0 Å². The normalized spacial score (nSPS) is 13.6. The molecule has 0 bridgehead atoms. The molecule has 45 heavy (non-hydrogen) atoms. The number of benzene rings is 7. The third kappa shape index (κ3) is 3.27. The second kappa shape index (κ2) is 9.17. The van der Waals surface area contributed by atoms with Crippen LogP contribution in [0.15, 0.2) is 162 Å². The second-order valence-corrected chi connectivity index (χ2v) is 12.4. The van der Waals surface area contributed by atoms with Gasteiger partial charge in [0.05, 0.1) is 5.41 Å². The molecule has 10 rings (SSSR count). The van der Waals surface area contributed by atoms with Crippen molar-refractivity contribution in [2.45, 2.75) is 11.8 Å².